The quantitative estimate of drug-likeness (QED) is 0.813. The van der Waals surface area contributed by atoms with E-state index in [0.29, 0.717) is 5.82 Å². The lowest BCUT2D eigenvalue weighted by molar-refractivity contribution is 0.0946. The van der Waals surface area contributed by atoms with E-state index in [0.717, 1.165) is 0 Å². The summed E-state index contributed by atoms with van der Waals surface area (Å²) >= 11 is 0. The molecule has 0 radical (unpaired) electrons. The number of halogens is 1. The Kier molecular flexibility index (Phi) is 4.64. The van der Waals surface area contributed by atoms with Gasteiger partial charge in [-0.1, -0.05) is 17.0 Å². The third kappa shape index (κ3) is 3.87. The molecule has 1 amide bonds. The first-order valence-corrected chi connectivity index (χ1v) is 6.16. The van der Waals surface area contributed by atoms with E-state index in [2.05, 4.69) is 27.3 Å². The molecule has 1 aromatic heterocycles. The summed E-state index contributed by atoms with van der Waals surface area (Å²) < 4.78 is 18.1. The number of amides is 1. The SMILES string of the molecule is Cc1noc(CNC(=O)c2ccc(F)cc2C#CCN)n1. The van der Waals surface area contributed by atoms with Crippen molar-refractivity contribution in [3.8, 4) is 11.8 Å². The normalized spacial score (nSPS) is 9.86. The highest BCUT2D eigenvalue weighted by Crippen LogP contribution is 2.10. The molecule has 3 N–H and O–H groups in total. The molecule has 108 valence electrons. The minimum Gasteiger partial charge on any atom is -0.343 e. The van der Waals surface area contributed by atoms with Crippen LogP contribution in [0.1, 0.15) is 27.6 Å². The zero-order valence-electron chi connectivity index (χ0n) is 11.3. The predicted molar refractivity (Wildman–Crippen MR) is 72.5 cm³/mol. The maximum Gasteiger partial charge on any atom is 0.252 e. The molecule has 0 unspecified atom stereocenters. The molecule has 7 heteroatoms. The third-order valence-electron chi connectivity index (χ3n) is 2.52. The van der Waals surface area contributed by atoms with Gasteiger partial charge in [0.15, 0.2) is 5.82 Å². The average Bonchev–Trinajstić information content (AvgIpc) is 2.88. The van der Waals surface area contributed by atoms with Crippen LogP contribution in [0.5, 0.6) is 0 Å². The lowest BCUT2D eigenvalue weighted by Crippen LogP contribution is -2.24. The number of carbonyl (C=O) groups is 1. The molecule has 0 aliphatic rings. The fourth-order valence-electron chi connectivity index (χ4n) is 1.63. The van der Waals surface area contributed by atoms with Gasteiger partial charge < -0.3 is 15.6 Å². The molecule has 0 bridgehead atoms. The molecule has 0 aliphatic heterocycles. The van der Waals surface area contributed by atoms with Crippen molar-refractivity contribution in [2.45, 2.75) is 13.5 Å². The second kappa shape index (κ2) is 6.63. The molecule has 0 aliphatic carbocycles. The van der Waals surface area contributed by atoms with Crippen LogP contribution in [-0.2, 0) is 6.54 Å². The van der Waals surface area contributed by atoms with Crippen LogP contribution >= 0.6 is 0 Å². The van der Waals surface area contributed by atoms with E-state index in [1.54, 1.807) is 6.92 Å². The van der Waals surface area contributed by atoms with Crippen LogP contribution in [0.2, 0.25) is 0 Å². The Hall–Kier alpha value is -2.72. The van der Waals surface area contributed by atoms with E-state index in [1.807, 2.05) is 0 Å². The van der Waals surface area contributed by atoms with Gasteiger partial charge in [0.05, 0.1) is 18.7 Å². The summed E-state index contributed by atoms with van der Waals surface area (Å²) in [5, 5.41) is 6.22. The predicted octanol–water partition coefficient (Wildman–Crippen LogP) is 0.757. The number of benzene rings is 1. The number of hydrogen-bond acceptors (Lipinski definition) is 5. The van der Waals surface area contributed by atoms with Crippen molar-refractivity contribution in [1.29, 1.82) is 0 Å². The van der Waals surface area contributed by atoms with Crippen molar-refractivity contribution in [1.82, 2.24) is 15.5 Å². The van der Waals surface area contributed by atoms with Crippen molar-refractivity contribution in [3.05, 3.63) is 46.9 Å². The van der Waals surface area contributed by atoms with E-state index in [9.17, 15) is 9.18 Å². The Labute approximate surface area is 120 Å². The molecule has 0 saturated heterocycles. The second-order valence-electron chi connectivity index (χ2n) is 4.11. The summed E-state index contributed by atoms with van der Waals surface area (Å²) in [6.07, 6.45) is 0. The smallest absolute Gasteiger partial charge is 0.252 e. The zero-order valence-corrected chi connectivity index (χ0v) is 11.3. The van der Waals surface area contributed by atoms with Crippen LogP contribution in [-0.4, -0.2) is 22.6 Å². The molecule has 0 saturated carbocycles. The molecule has 2 aromatic rings. The Morgan fingerprint density at radius 3 is 3.00 bits per heavy atom. The number of aromatic nitrogens is 2. The summed E-state index contributed by atoms with van der Waals surface area (Å²) in [7, 11) is 0. The van der Waals surface area contributed by atoms with E-state index >= 15 is 0 Å². The molecule has 0 atom stereocenters. The van der Waals surface area contributed by atoms with Crippen molar-refractivity contribution >= 4 is 5.91 Å². The van der Waals surface area contributed by atoms with Crippen LogP contribution in [0.25, 0.3) is 0 Å². The number of rotatable bonds is 3. The van der Waals surface area contributed by atoms with Gasteiger partial charge in [-0.25, -0.2) is 4.39 Å². The highest BCUT2D eigenvalue weighted by atomic mass is 19.1. The maximum atomic E-state index is 13.2. The lowest BCUT2D eigenvalue weighted by atomic mass is 10.1. The molecular formula is C14H13FN4O2. The molecule has 21 heavy (non-hydrogen) atoms. The van der Waals surface area contributed by atoms with E-state index in [-0.39, 0.29) is 30.1 Å². The van der Waals surface area contributed by atoms with Crippen LogP contribution in [0.15, 0.2) is 22.7 Å². The van der Waals surface area contributed by atoms with Crippen molar-refractivity contribution in [3.63, 3.8) is 0 Å². The number of aryl methyl sites for hydroxylation is 1. The molecule has 0 spiro atoms. The van der Waals surface area contributed by atoms with E-state index in [1.165, 1.54) is 18.2 Å². The summed E-state index contributed by atoms with van der Waals surface area (Å²) in [5.74, 6) is 5.15. The maximum absolute atomic E-state index is 13.2. The van der Waals surface area contributed by atoms with Gasteiger partial charge >= 0.3 is 0 Å². The fraction of sp³-hybridized carbons (Fsp3) is 0.214. The summed E-state index contributed by atoms with van der Waals surface area (Å²) in [6.45, 7) is 1.88. The Bertz CT molecular complexity index is 715. The zero-order chi connectivity index (χ0) is 15.2. The van der Waals surface area contributed by atoms with Crippen LogP contribution in [0.4, 0.5) is 4.39 Å². The fourth-order valence-corrected chi connectivity index (χ4v) is 1.63. The largest absolute Gasteiger partial charge is 0.343 e. The van der Waals surface area contributed by atoms with Crippen molar-refractivity contribution < 1.29 is 13.7 Å². The number of carbonyl (C=O) groups excluding carboxylic acids is 1. The van der Waals surface area contributed by atoms with Gasteiger partial charge in [0.25, 0.3) is 5.91 Å². The minimum absolute atomic E-state index is 0.0841. The number of hydrogen-bond donors (Lipinski definition) is 2. The van der Waals surface area contributed by atoms with E-state index in [4.69, 9.17) is 10.3 Å². The molecule has 2 rings (SSSR count). The number of nitrogens with zero attached hydrogens (tertiary/aromatic N) is 2. The van der Waals surface area contributed by atoms with Gasteiger partial charge in [0.2, 0.25) is 5.89 Å². The van der Waals surface area contributed by atoms with Gasteiger partial charge in [0, 0.05) is 5.56 Å². The van der Waals surface area contributed by atoms with Gasteiger partial charge in [-0.05, 0) is 25.1 Å². The van der Waals surface area contributed by atoms with Crippen LogP contribution in [0, 0.1) is 24.6 Å². The first-order valence-electron chi connectivity index (χ1n) is 6.16. The van der Waals surface area contributed by atoms with E-state index < -0.39 is 11.7 Å². The highest BCUT2D eigenvalue weighted by molar-refractivity contribution is 5.96. The second-order valence-corrected chi connectivity index (χ2v) is 4.11. The highest BCUT2D eigenvalue weighted by Gasteiger charge is 2.12. The van der Waals surface area contributed by atoms with Crippen LogP contribution in [0.3, 0.4) is 0 Å². The van der Waals surface area contributed by atoms with Crippen molar-refractivity contribution in [2.24, 2.45) is 5.73 Å². The minimum atomic E-state index is -0.472. The topological polar surface area (TPSA) is 94.0 Å². The first kappa shape index (κ1) is 14.7. The van der Waals surface area contributed by atoms with Crippen molar-refractivity contribution in [2.75, 3.05) is 6.54 Å². The molecule has 0 fully saturated rings. The lowest BCUT2D eigenvalue weighted by Gasteiger charge is -2.05. The average molecular weight is 288 g/mol. The van der Waals surface area contributed by atoms with Gasteiger partial charge in [-0.15, -0.1) is 0 Å². The number of nitrogens with one attached hydrogen (secondary N) is 1. The molecule has 1 heterocycles. The first-order chi connectivity index (χ1) is 10.1. The Balaban J connectivity index is 2.14. The summed E-state index contributed by atoms with van der Waals surface area (Å²) in [5.41, 5.74) is 5.82. The molecule has 1 aromatic carbocycles. The monoisotopic (exact) mass is 288 g/mol. The van der Waals surface area contributed by atoms with Gasteiger partial charge in [0.1, 0.15) is 5.82 Å². The Morgan fingerprint density at radius 2 is 2.33 bits per heavy atom. The summed E-state index contributed by atoms with van der Waals surface area (Å²) in [6, 6.07) is 3.75. The summed E-state index contributed by atoms with van der Waals surface area (Å²) in [4.78, 5) is 16.1. The molecule has 6 nitrogen and oxygen atoms in total. The van der Waals surface area contributed by atoms with Gasteiger partial charge in [-0.3, -0.25) is 4.79 Å². The molecular weight excluding hydrogens is 275 g/mol. The standard InChI is InChI=1S/C14H13FN4O2/c1-9-18-13(21-19-9)8-17-14(20)12-5-4-11(15)7-10(12)3-2-6-16/h4-5,7H,6,8,16H2,1H3,(H,17,20). The third-order valence-corrected chi connectivity index (χ3v) is 2.52. The van der Waals surface area contributed by atoms with Crippen LogP contribution < -0.4 is 11.1 Å². The Morgan fingerprint density at radius 1 is 1.52 bits per heavy atom. The number of nitrogens with two attached hydrogens (primary N) is 1. The van der Waals surface area contributed by atoms with Gasteiger partial charge in [-0.2, -0.15) is 4.98 Å².